The van der Waals surface area contributed by atoms with Crippen LogP contribution in [0.2, 0.25) is 0 Å². The maximum Gasteiger partial charge on any atom is 0.261 e. The summed E-state index contributed by atoms with van der Waals surface area (Å²) in [7, 11) is -3.75. The van der Waals surface area contributed by atoms with Crippen molar-refractivity contribution in [1.82, 2.24) is 4.98 Å². The number of hydrogen-bond acceptors (Lipinski definition) is 4. The van der Waals surface area contributed by atoms with Gasteiger partial charge < -0.3 is 5.73 Å². The molecule has 1 amide bonds. The molecule has 2 aromatic rings. The molecule has 8 heteroatoms. The molecule has 6 nitrogen and oxygen atoms in total. The first-order valence-corrected chi connectivity index (χ1v) is 7.71. The van der Waals surface area contributed by atoms with Crippen LogP contribution < -0.4 is 10.5 Å². The number of nitrogens with one attached hydrogen (secondary N) is 1. The number of halogens is 1. The Balaban J connectivity index is 2.31. The van der Waals surface area contributed by atoms with Crippen LogP contribution in [0.5, 0.6) is 0 Å². The summed E-state index contributed by atoms with van der Waals surface area (Å²) in [6, 6.07) is 8.52. The zero-order chi connectivity index (χ0) is 14.8. The van der Waals surface area contributed by atoms with E-state index in [1.165, 1.54) is 30.5 Å². The third-order valence-corrected chi connectivity index (χ3v) is 4.47. The highest BCUT2D eigenvalue weighted by Crippen LogP contribution is 2.22. The number of pyridine rings is 1. The van der Waals surface area contributed by atoms with E-state index in [0.29, 0.717) is 10.3 Å². The van der Waals surface area contributed by atoms with Crippen LogP contribution in [0.1, 0.15) is 10.4 Å². The summed E-state index contributed by atoms with van der Waals surface area (Å²) < 4.78 is 27.1. The molecule has 0 radical (unpaired) electrons. The number of carbonyl (C=O) groups excluding carboxylic acids is 1. The SMILES string of the molecule is NC(=O)c1ccc(S(=O)(=O)Nc2cccnc2Br)cc1. The van der Waals surface area contributed by atoms with Crippen molar-refractivity contribution in [2.45, 2.75) is 4.90 Å². The van der Waals surface area contributed by atoms with E-state index in [1.54, 1.807) is 12.1 Å². The van der Waals surface area contributed by atoms with Crippen molar-refractivity contribution in [3.63, 3.8) is 0 Å². The van der Waals surface area contributed by atoms with Crippen molar-refractivity contribution in [1.29, 1.82) is 0 Å². The fourth-order valence-corrected chi connectivity index (χ4v) is 3.01. The summed E-state index contributed by atoms with van der Waals surface area (Å²) in [6.07, 6.45) is 1.53. The predicted octanol–water partition coefficient (Wildman–Crippen LogP) is 1.74. The average Bonchev–Trinajstić information content (AvgIpc) is 2.41. The first-order chi connectivity index (χ1) is 9.40. The quantitative estimate of drug-likeness (QED) is 0.815. The number of carbonyl (C=O) groups is 1. The first-order valence-electron chi connectivity index (χ1n) is 5.43. The van der Waals surface area contributed by atoms with Gasteiger partial charge in [0.15, 0.2) is 0 Å². The second kappa shape index (κ2) is 5.59. The van der Waals surface area contributed by atoms with Crippen LogP contribution in [0.15, 0.2) is 52.1 Å². The molecule has 0 unspecified atom stereocenters. The van der Waals surface area contributed by atoms with E-state index in [4.69, 9.17) is 5.73 Å². The molecule has 3 N–H and O–H groups in total. The van der Waals surface area contributed by atoms with Gasteiger partial charge in [-0.25, -0.2) is 13.4 Å². The van der Waals surface area contributed by atoms with Crippen molar-refractivity contribution in [2.24, 2.45) is 5.73 Å². The predicted molar refractivity (Wildman–Crippen MR) is 77.7 cm³/mol. The summed E-state index contributed by atoms with van der Waals surface area (Å²) in [5.41, 5.74) is 5.67. The van der Waals surface area contributed by atoms with E-state index >= 15 is 0 Å². The molecule has 1 heterocycles. The van der Waals surface area contributed by atoms with Crippen LogP contribution in [0, 0.1) is 0 Å². The van der Waals surface area contributed by atoms with Crippen LogP contribution in [0.3, 0.4) is 0 Å². The van der Waals surface area contributed by atoms with Crippen molar-refractivity contribution in [3.05, 3.63) is 52.8 Å². The highest BCUT2D eigenvalue weighted by atomic mass is 79.9. The number of nitrogens with zero attached hydrogens (tertiary/aromatic N) is 1. The second-order valence-electron chi connectivity index (χ2n) is 3.84. The number of rotatable bonds is 4. The van der Waals surface area contributed by atoms with E-state index < -0.39 is 15.9 Å². The third kappa shape index (κ3) is 3.14. The summed E-state index contributed by atoms with van der Waals surface area (Å²) in [4.78, 5) is 14.9. The number of amides is 1. The Morgan fingerprint density at radius 2 is 1.85 bits per heavy atom. The molecule has 0 fully saturated rings. The molecule has 0 saturated carbocycles. The van der Waals surface area contributed by atoms with Gasteiger partial charge in [0.25, 0.3) is 10.0 Å². The number of primary amides is 1. The Kier molecular flexibility index (Phi) is 4.05. The smallest absolute Gasteiger partial charge is 0.261 e. The molecular weight excluding hydrogens is 346 g/mol. The molecule has 0 aliphatic carbocycles. The molecule has 0 spiro atoms. The fourth-order valence-electron chi connectivity index (χ4n) is 1.46. The minimum absolute atomic E-state index is 0.0262. The molecule has 20 heavy (non-hydrogen) atoms. The number of anilines is 1. The molecule has 1 aromatic carbocycles. The first kappa shape index (κ1) is 14.5. The average molecular weight is 356 g/mol. The Morgan fingerprint density at radius 3 is 2.40 bits per heavy atom. The normalized spacial score (nSPS) is 11.1. The molecule has 1 aromatic heterocycles. The molecule has 0 aliphatic rings. The van der Waals surface area contributed by atoms with Crippen LogP contribution in [0.4, 0.5) is 5.69 Å². The van der Waals surface area contributed by atoms with Gasteiger partial charge in [0, 0.05) is 11.8 Å². The second-order valence-corrected chi connectivity index (χ2v) is 6.27. The number of sulfonamides is 1. The zero-order valence-corrected chi connectivity index (χ0v) is 12.5. The van der Waals surface area contributed by atoms with Crippen LogP contribution in [-0.2, 0) is 10.0 Å². The lowest BCUT2D eigenvalue weighted by Gasteiger charge is -2.09. The Labute approximate surface area is 124 Å². The van der Waals surface area contributed by atoms with E-state index in [1.807, 2.05) is 0 Å². The molecule has 104 valence electrons. The Morgan fingerprint density at radius 1 is 1.20 bits per heavy atom. The topological polar surface area (TPSA) is 102 Å². The van der Waals surface area contributed by atoms with E-state index in [9.17, 15) is 13.2 Å². The lowest BCUT2D eigenvalue weighted by atomic mass is 10.2. The molecule has 0 saturated heterocycles. The van der Waals surface area contributed by atoms with Gasteiger partial charge in [-0.05, 0) is 52.3 Å². The third-order valence-electron chi connectivity index (χ3n) is 2.45. The van der Waals surface area contributed by atoms with Crippen molar-refractivity contribution >= 4 is 37.5 Å². The van der Waals surface area contributed by atoms with Crippen LogP contribution in [-0.4, -0.2) is 19.3 Å². The van der Waals surface area contributed by atoms with Gasteiger partial charge in [-0.1, -0.05) is 0 Å². The Hall–Kier alpha value is -1.93. The maximum absolute atomic E-state index is 12.2. The van der Waals surface area contributed by atoms with E-state index in [-0.39, 0.29) is 10.5 Å². The number of aromatic nitrogens is 1. The lowest BCUT2D eigenvalue weighted by Crippen LogP contribution is -2.15. The molecule has 2 rings (SSSR count). The zero-order valence-electron chi connectivity index (χ0n) is 10.1. The molecule has 0 aliphatic heterocycles. The fraction of sp³-hybridized carbons (Fsp3) is 0. The van der Waals surface area contributed by atoms with Gasteiger partial charge in [-0.2, -0.15) is 0 Å². The van der Waals surface area contributed by atoms with Gasteiger partial charge in [0.2, 0.25) is 5.91 Å². The summed E-state index contributed by atoms with van der Waals surface area (Å²) in [6.45, 7) is 0. The largest absolute Gasteiger partial charge is 0.366 e. The van der Waals surface area contributed by atoms with Crippen molar-refractivity contribution in [3.8, 4) is 0 Å². The van der Waals surface area contributed by atoms with E-state index in [0.717, 1.165) is 0 Å². The van der Waals surface area contributed by atoms with Crippen molar-refractivity contribution < 1.29 is 13.2 Å². The highest BCUT2D eigenvalue weighted by molar-refractivity contribution is 9.10. The van der Waals surface area contributed by atoms with Gasteiger partial charge in [-0.3, -0.25) is 9.52 Å². The van der Waals surface area contributed by atoms with Crippen molar-refractivity contribution in [2.75, 3.05) is 4.72 Å². The standard InChI is InChI=1S/C12H10BrN3O3S/c13-11-10(2-1-7-15-11)16-20(18,19)9-5-3-8(4-6-9)12(14)17/h1-7,16H,(H2,14,17). The monoisotopic (exact) mass is 355 g/mol. The lowest BCUT2D eigenvalue weighted by molar-refractivity contribution is 0.1000. The summed E-state index contributed by atoms with van der Waals surface area (Å²) in [5, 5.41) is 0. The molecular formula is C12H10BrN3O3S. The van der Waals surface area contributed by atoms with Gasteiger partial charge >= 0.3 is 0 Å². The van der Waals surface area contributed by atoms with Crippen LogP contribution in [0.25, 0.3) is 0 Å². The number of hydrogen-bond donors (Lipinski definition) is 2. The van der Waals surface area contributed by atoms with Crippen LogP contribution >= 0.6 is 15.9 Å². The summed E-state index contributed by atoms with van der Waals surface area (Å²) in [5.74, 6) is -0.614. The van der Waals surface area contributed by atoms with Gasteiger partial charge in [-0.15, -0.1) is 0 Å². The minimum Gasteiger partial charge on any atom is -0.366 e. The Bertz CT molecular complexity index is 745. The highest BCUT2D eigenvalue weighted by Gasteiger charge is 2.16. The molecule has 0 atom stereocenters. The number of nitrogens with two attached hydrogens (primary N) is 1. The van der Waals surface area contributed by atoms with Gasteiger partial charge in [0.05, 0.1) is 10.6 Å². The molecule has 0 bridgehead atoms. The number of benzene rings is 1. The maximum atomic E-state index is 12.2. The van der Waals surface area contributed by atoms with Gasteiger partial charge in [0.1, 0.15) is 4.60 Å². The minimum atomic E-state index is -3.75. The van der Waals surface area contributed by atoms with E-state index in [2.05, 4.69) is 25.6 Å². The summed E-state index contributed by atoms with van der Waals surface area (Å²) >= 11 is 3.15.